The summed E-state index contributed by atoms with van der Waals surface area (Å²) in [7, 11) is 0. The standard InChI is InChI=1S/C22H29N5O/c1-16(2)21-24-12-17(13-25-21)15-27-9-7-22(8-10-27)11-20(28)23-14-18-5-3-4-6-19(18)26-22/h3-6,12-13,16,26H,7-11,14-15H2,1-2H3,(H,23,28). The van der Waals surface area contributed by atoms with Crippen LogP contribution in [0.25, 0.3) is 0 Å². The van der Waals surface area contributed by atoms with Gasteiger partial charge in [-0.15, -0.1) is 0 Å². The van der Waals surface area contributed by atoms with E-state index in [1.165, 1.54) is 0 Å². The van der Waals surface area contributed by atoms with Crippen molar-refractivity contribution in [2.24, 2.45) is 0 Å². The number of nitrogens with one attached hydrogen (secondary N) is 2. The number of amides is 1. The lowest BCUT2D eigenvalue weighted by Gasteiger charge is -2.44. The van der Waals surface area contributed by atoms with E-state index in [9.17, 15) is 4.79 Å². The van der Waals surface area contributed by atoms with Crippen molar-refractivity contribution >= 4 is 11.6 Å². The number of carbonyl (C=O) groups is 1. The number of nitrogens with zero attached hydrogens (tertiary/aromatic N) is 3. The summed E-state index contributed by atoms with van der Waals surface area (Å²) >= 11 is 0. The molecule has 0 saturated carbocycles. The molecule has 1 aromatic heterocycles. The van der Waals surface area contributed by atoms with Crippen LogP contribution in [0.1, 0.15) is 56.0 Å². The predicted octanol–water partition coefficient (Wildman–Crippen LogP) is 3.07. The summed E-state index contributed by atoms with van der Waals surface area (Å²) in [6.45, 7) is 7.57. The lowest BCUT2D eigenvalue weighted by molar-refractivity contribution is -0.122. The van der Waals surface area contributed by atoms with E-state index in [0.717, 1.165) is 55.1 Å². The molecule has 1 aromatic carbocycles. The van der Waals surface area contributed by atoms with E-state index in [2.05, 4.69) is 57.5 Å². The molecule has 1 amide bonds. The van der Waals surface area contributed by atoms with Gasteiger partial charge in [0.2, 0.25) is 5.91 Å². The molecule has 0 radical (unpaired) electrons. The highest BCUT2D eigenvalue weighted by molar-refractivity contribution is 5.79. The second-order valence-corrected chi connectivity index (χ2v) is 8.40. The van der Waals surface area contributed by atoms with Crippen molar-refractivity contribution in [3.8, 4) is 0 Å². The lowest BCUT2D eigenvalue weighted by Crippen LogP contribution is -2.52. The summed E-state index contributed by atoms with van der Waals surface area (Å²) in [5, 5.41) is 6.81. The number of aromatic nitrogens is 2. The second-order valence-electron chi connectivity index (χ2n) is 8.40. The molecule has 0 unspecified atom stereocenters. The molecule has 2 aliphatic rings. The number of hydrogen-bond donors (Lipinski definition) is 2. The normalized spacial score (nSPS) is 19.5. The molecule has 0 aliphatic carbocycles. The highest BCUT2D eigenvalue weighted by Crippen LogP contribution is 2.33. The van der Waals surface area contributed by atoms with Crippen LogP contribution < -0.4 is 10.6 Å². The number of para-hydroxylation sites is 1. The predicted molar refractivity (Wildman–Crippen MR) is 110 cm³/mol. The van der Waals surface area contributed by atoms with Crippen LogP contribution in [-0.4, -0.2) is 39.4 Å². The molecule has 0 bridgehead atoms. The van der Waals surface area contributed by atoms with E-state index in [0.29, 0.717) is 18.9 Å². The molecule has 28 heavy (non-hydrogen) atoms. The number of piperidine rings is 1. The summed E-state index contributed by atoms with van der Waals surface area (Å²) < 4.78 is 0. The fourth-order valence-electron chi connectivity index (χ4n) is 4.13. The van der Waals surface area contributed by atoms with Gasteiger partial charge in [-0.2, -0.15) is 0 Å². The molecule has 6 nitrogen and oxygen atoms in total. The van der Waals surface area contributed by atoms with Gasteiger partial charge < -0.3 is 10.6 Å². The fraction of sp³-hybridized carbons (Fsp3) is 0.500. The quantitative estimate of drug-likeness (QED) is 0.858. The van der Waals surface area contributed by atoms with Crippen molar-refractivity contribution in [2.75, 3.05) is 18.4 Å². The van der Waals surface area contributed by atoms with Gasteiger partial charge in [-0.05, 0) is 24.5 Å². The van der Waals surface area contributed by atoms with Gasteiger partial charge >= 0.3 is 0 Å². The third kappa shape index (κ3) is 4.17. The van der Waals surface area contributed by atoms with Gasteiger partial charge in [-0.25, -0.2) is 9.97 Å². The number of benzene rings is 1. The maximum absolute atomic E-state index is 12.4. The number of anilines is 1. The molecule has 1 saturated heterocycles. The van der Waals surface area contributed by atoms with Crippen LogP contribution in [0.15, 0.2) is 36.7 Å². The maximum Gasteiger partial charge on any atom is 0.222 e. The van der Waals surface area contributed by atoms with Crippen LogP contribution in [0, 0.1) is 0 Å². The van der Waals surface area contributed by atoms with E-state index in [1.54, 1.807) is 0 Å². The Morgan fingerprint density at radius 3 is 2.57 bits per heavy atom. The van der Waals surface area contributed by atoms with Crippen LogP contribution in [-0.2, 0) is 17.9 Å². The monoisotopic (exact) mass is 379 g/mol. The fourth-order valence-corrected chi connectivity index (χ4v) is 4.13. The molecule has 2 aliphatic heterocycles. The first-order chi connectivity index (χ1) is 13.5. The number of fused-ring (bicyclic) bond motifs is 1. The van der Waals surface area contributed by atoms with E-state index in [4.69, 9.17) is 0 Å². The van der Waals surface area contributed by atoms with E-state index < -0.39 is 0 Å². The Labute approximate surface area is 166 Å². The second kappa shape index (κ2) is 7.87. The van der Waals surface area contributed by atoms with Gasteiger partial charge in [0.1, 0.15) is 5.82 Å². The van der Waals surface area contributed by atoms with E-state index in [-0.39, 0.29) is 11.4 Å². The zero-order chi connectivity index (χ0) is 19.6. The van der Waals surface area contributed by atoms with E-state index >= 15 is 0 Å². The van der Waals surface area contributed by atoms with Gasteiger partial charge in [-0.1, -0.05) is 32.0 Å². The molecular formula is C22H29N5O. The largest absolute Gasteiger partial charge is 0.379 e. The smallest absolute Gasteiger partial charge is 0.222 e. The summed E-state index contributed by atoms with van der Waals surface area (Å²) in [6, 6.07) is 8.28. The minimum atomic E-state index is -0.172. The minimum absolute atomic E-state index is 0.133. The lowest BCUT2D eigenvalue weighted by atomic mass is 9.82. The third-order valence-electron chi connectivity index (χ3n) is 5.85. The summed E-state index contributed by atoms with van der Waals surface area (Å²) in [4.78, 5) is 23.8. The molecular weight excluding hydrogens is 350 g/mol. The van der Waals surface area contributed by atoms with Gasteiger partial charge in [0.25, 0.3) is 0 Å². The summed E-state index contributed by atoms with van der Waals surface area (Å²) in [5.41, 5.74) is 3.28. The number of hydrogen-bond acceptors (Lipinski definition) is 5. The van der Waals surface area contributed by atoms with Gasteiger partial charge in [0, 0.05) is 67.7 Å². The summed E-state index contributed by atoms with van der Waals surface area (Å²) in [6.07, 6.45) is 6.32. The summed E-state index contributed by atoms with van der Waals surface area (Å²) in [5.74, 6) is 1.38. The van der Waals surface area contributed by atoms with Crippen molar-refractivity contribution in [3.05, 3.63) is 53.6 Å². The Kier molecular flexibility index (Phi) is 5.31. The topological polar surface area (TPSA) is 70.2 Å². The number of likely N-dealkylation sites (tertiary alicyclic amines) is 1. The van der Waals surface area contributed by atoms with Gasteiger partial charge in [0.15, 0.2) is 0 Å². The first-order valence-corrected chi connectivity index (χ1v) is 10.2. The van der Waals surface area contributed by atoms with Crippen LogP contribution in [0.3, 0.4) is 0 Å². The number of rotatable bonds is 3. The Balaban J connectivity index is 1.43. The van der Waals surface area contributed by atoms with Crippen LogP contribution in [0.5, 0.6) is 0 Å². The Morgan fingerprint density at radius 1 is 1.14 bits per heavy atom. The highest BCUT2D eigenvalue weighted by Gasteiger charge is 2.37. The Morgan fingerprint density at radius 2 is 1.86 bits per heavy atom. The SMILES string of the molecule is CC(C)c1ncc(CN2CCC3(CC2)CC(=O)NCc2ccccc2N3)cn1. The van der Waals surface area contributed by atoms with Crippen LogP contribution in [0.2, 0.25) is 0 Å². The first-order valence-electron chi connectivity index (χ1n) is 10.2. The first kappa shape index (κ1) is 18.9. The van der Waals surface area contributed by atoms with E-state index in [1.807, 2.05) is 18.5 Å². The molecule has 1 spiro atoms. The van der Waals surface area contributed by atoms with Gasteiger partial charge in [0.05, 0.1) is 0 Å². The van der Waals surface area contributed by atoms with Crippen LogP contribution in [0.4, 0.5) is 5.69 Å². The maximum atomic E-state index is 12.4. The molecule has 2 N–H and O–H groups in total. The molecule has 2 aromatic rings. The molecule has 6 heteroatoms. The minimum Gasteiger partial charge on any atom is -0.379 e. The zero-order valence-corrected chi connectivity index (χ0v) is 16.7. The Hall–Kier alpha value is -2.47. The van der Waals surface area contributed by atoms with Crippen LogP contribution >= 0.6 is 0 Å². The van der Waals surface area contributed by atoms with Crippen molar-refractivity contribution in [1.82, 2.24) is 20.2 Å². The number of carbonyl (C=O) groups excluding carboxylic acids is 1. The molecule has 0 atom stereocenters. The van der Waals surface area contributed by atoms with Crippen molar-refractivity contribution < 1.29 is 4.79 Å². The molecule has 4 rings (SSSR count). The zero-order valence-electron chi connectivity index (χ0n) is 16.7. The average molecular weight is 380 g/mol. The molecule has 1 fully saturated rings. The average Bonchev–Trinajstić information content (AvgIpc) is 2.68. The van der Waals surface area contributed by atoms with Crippen molar-refractivity contribution in [3.63, 3.8) is 0 Å². The Bertz CT molecular complexity index is 825. The van der Waals surface area contributed by atoms with Crippen molar-refractivity contribution in [1.29, 1.82) is 0 Å². The van der Waals surface area contributed by atoms with Crippen molar-refractivity contribution in [2.45, 2.75) is 57.7 Å². The van der Waals surface area contributed by atoms with Gasteiger partial charge in [-0.3, -0.25) is 9.69 Å². The highest BCUT2D eigenvalue weighted by atomic mass is 16.1. The third-order valence-corrected chi connectivity index (χ3v) is 5.85. The molecule has 148 valence electrons. The molecule has 3 heterocycles.